The molecule has 0 aliphatic carbocycles. The summed E-state index contributed by atoms with van der Waals surface area (Å²) in [6, 6.07) is 26.1. The fourth-order valence-corrected chi connectivity index (χ4v) is 6.14. The molecule has 0 radical (unpaired) electrons. The Balaban J connectivity index is 1.74. The standard InChI is InChI=1S/C26H18N2O3S3/c1-31-20-14-12-17(13-15-20)16-21-23(29)27(18-8-4-2-5-9-18)25(33-21)22-24(30)28(26(32)34-22)19-10-6-3-7-11-19/h2-16H,1H3/b21-16-,25-22+. The van der Waals surface area contributed by atoms with E-state index in [0.717, 1.165) is 11.3 Å². The zero-order valence-corrected chi connectivity index (χ0v) is 20.5. The summed E-state index contributed by atoms with van der Waals surface area (Å²) in [6.45, 7) is 0. The molecule has 1 saturated heterocycles. The molecule has 5 rings (SSSR count). The Morgan fingerprint density at radius 1 is 0.853 bits per heavy atom. The van der Waals surface area contributed by atoms with Crippen LogP contribution in [0.5, 0.6) is 5.75 Å². The van der Waals surface area contributed by atoms with E-state index in [0.29, 0.717) is 29.8 Å². The molecule has 3 aromatic carbocycles. The van der Waals surface area contributed by atoms with Crippen molar-refractivity contribution in [2.75, 3.05) is 12.0 Å². The fraction of sp³-hybridized carbons (Fsp3) is 0.0385. The minimum absolute atomic E-state index is 0.188. The Morgan fingerprint density at radius 2 is 1.47 bits per heavy atom. The summed E-state index contributed by atoms with van der Waals surface area (Å²) < 4.78 is 8.34. The summed E-state index contributed by atoms with van der Waals surface area (Å²) >= 11 is 8.05. The molecule has 1 fully saturated rings. The van der Waals surface area contributed by atoms with Gasteiger partial charge in [0.15, 0.2) is 4.32 Å². The third-order valence-corrected chi connectivity index (χ3v) is 7.81. The Labute approximate surface area is 209 Å². The molecule has 1 aliphatic rings. The number of thiazole rings is 1. The van der Waals surface area contributed by atoms with Crippen LogP contribution in [-0.4, -0.2) is 21.9 Å². The van der Waals surface area contributed by atoms with Crippen molar-refractivity contribution in [2.24, 2.45) is 0 Å². The average Bonchev–Trinajstić information content (AvgIpc) is 3.35. The van der Waals surface area contributed by atoms with E-state index in [2.05, 4.69) is 0 Å². The lowest BCUT2D eigenvalue weighted by atomic mass is 10.2. The minimum Gasteiger partial charge on any atom is -0.497 e. The molecule has 34 heavy (non-hydrogen) atoms. The van der Waals surface area contributed by atoms with Gasteiger partial charge in [0, 0.05) is 0 Å². The molecule has 0 atom stereocenters. The predicted octanol–water partition coefficient (Wildman–Crippen LogP) is 3.91. The normalized spacial score (nSPS) is 15.8. The topological polar surface area (TPSA) is 51.5 Å². The molecule has 0 spiro atoms. The van der Waals surface area contributed by atoms with Gasteiger partial charge in [0.1, 0.15) is 15.3 Å². The summed E-state index contributed by atoms with van der Waals surface area (Å²) in [4.78, 5) is 29.0. The van der Waals surface area contributed by atoms with Crippen LogP contribution < -0.4 is 24.4 Å². The molecular formula is C26H18N2O3S3. The summed E-state index contributed by atoms with van der Waals surface area (Å²) in [6.07, 6.45) is 1.83. The second-order valence-corrected chi connectivity index (χ2v) is 10.0. The van der Waals surface area contributed by atoms with Gasteiger partial charge >= 0.3 is 0 Å². The highest BCUT2D eigenvalue weighted by Crippen LogP contribution is 2.35. The first-order valence-electron chi connectivity index (χ1n) is 10.4. The Hall–Kier alpha value is -3.46. The van der Waals surface area contributed by atoms with Gasteiger partial charge in [0.05, 0.1) is 23.0 Å². The van der Waals surface area contributed by atoms with E-state index in [-0.39, 0.29) is 11.5 Å². The van der Waals surface area contributed by atoms with Crippen molar-refractivity contribution in [1.29, 1.82) is 0 Å². The number of anilines is 1. The largest absolute Gasteiger partial charge is 0.497 e. The molecular weight excluding hydrogens is 484 g/mol. The van der Waals surface area contributed by atoms with Crippen LogP contribution >= 0.6 is 35.3 Å². The number of aromatic nitrogens is 1. The predicted molar refractivity (Wildman–Crippen MR) is 143 cm³/mol. The lowest BCUT2D eigenvalue weighted by Crippen LogP contribution is -2.32. The summed E-state index contributed by atoms with van der Waals surface area (Å²) in [7, 11) is 1.61. The maximum absolute atomic E-state index is 13.6. The number of carbonyl (C=O) groups is 1. The lowest BCUT2D eigenvalue weighted by Gasteiger charge is -2.13. The van der Waals surface area contributed by atoms with Crippen molar-refractivity contribution in [3.63, 3.8) is 0 Å². The van der Waals surface area contributed by atoms with Gasteiger partial charge in [0.25, 0.3) is 11.5 Å². The molecule has 1 amide bonds. The lowest BCUT2D eigenvalue weighted by molar-refractivity contribution is -0.112. The van der Waals surface area contributed by atoms with E-state index in [1.165, 1.54) is 28.0 Å². The van der Waals surface area contributed by atoms with Gasteiger partial charge in [-0.15, -0.1) is 11.3 Å². The zero-order chi connectivity index (χ0) is 23.7. The van der Waals surface area contributed by atoms with Gasteiger partial charge in [-0.25, -0.2) is 0 Å². The molecule has 4 aromatic rings. The van der Waals surface area contributed by atoms with Crippen molar-refractivity contribution in [1.82, 2.24) is 4.57 Å². The fourth-order valence-electron chi connectivity index (χ4n) is 3.59. The van der Waals surface area contributed by atoms with Crippen molar-refractivity contribution in [3.8, 4) is 11.4 Å². The van der Waals surface area contributed by atoms with E-state index < -0.39 is 0 Å². The van der Waals surface area contributed by atoms with E-state index >= 15 is 0 Å². The van der Waals surface area contributed by atoms with Crippen LogP contribution in [0.15, 0.2) is 89.7 Å². The van der Waals surface area contributed by atoms with Crippen LogP contribution in [0.2, 0.25) is 0 Å². The second kappa shape index (κ2) is 9.42. The molecule has 1 aliphatic heterocycles. The van der Waals surface area contributed by atoms with Crippen LogP contribution in [0.3, 0.4) is 0 Å². The third kappa shape index (κ3) is 4.11. The van der Waals surface area contributed by atoms with Crippen molar-refractivity contribution in [3.05, 3.63) is 110 Å². The maximum Gasteiger partial charge on any atom is 0.273 e. The van der Waals surface area contributed by atoms with E-state index in [9.17, 15) is 9.59 Å². The molecule has 2 heterocycles. The first-order valence-corrected chi connectivity index (χ1v) is 12.4. The number of carbonyl (C=O) groups excluding carboxylic acids is 1. The number of hydrogen-bond acceptors (Lipinski definition) is 6. The molecule has 0 N–H and O–H groups in total. The van der Waals surface area contributed by atoms with Gasteiger partial charge in [-0.3, -0.25) is 19.1 Å². The number of amides is 1. The number of ether oxygens (including phenoxy) is 1. The number of benzene rings is 3. The van der Waals surface area contributed by atoms with Crippen LogP contribution in [-0.2, 0) is 4.79 Å². The zero-order valence-electron chi connectivity index (χ0n) is 18.0. The quantitative estimate of drug-likeness (QED) is 0.396. The number of methoxy groups -OCH3 is 1. The minimum atomic E-state index is -0.233. The molecule has 5 nitrogen and oxygen atoms in total. The highest BCUT2D eigenvalue weighted by molar-refractivity contribution is 8.31. The van der Waals surface area contributed by atoms with Gasteiger partial charge < -0.3 is 4.74 Å². The maximum atomic E-state index is 13.6. The first-order chi connectivity index (χ1) is 16.6. The van der Waals surface area contributed by atoms with E-state index in [4.69, 9.17) is 17.0 Å². The molecule has 0 unspecified atom stereocenters. The van der Waals surface area contributed by atoms with Crippen LogP contribution in [0.25, 0.3) is 16.7 Å². The van der Waals surface area contributed by atoms with E-state index in [1.54, 1.807) is 11.7 Å². The number of para-hydroxylation sites is 2. The van der Waals surface area contributed by atoms with Crippen LogP contribution in [0.1, 0.15) is 5.56 Å². The third-order valence-electron chi connectivity index (χ3n) is 5.23. The SMILES string of the molecule is COc1ccc(/C=c2\s/c(=C3/SC(=S)N(c4ccccc4)C3=O)n(-c3ccccc3)c2=O)cc1. The van der Waals surface area contributed by atoms with Crippen LogP contribution in [0.4, 0.5) is 5.69 Å². The average molecular weight is 503 g/mol. The number of thioether (sulfide) groups is 1. The van der Waals surface area contributed by atoms with Crippen LogP contribution in [0, 0.1) is 0 Å². The van der Waals surface area contributed by atoms with Crippen molar-refractivity contribution in [2.45, 2.75) is 0 Å². The summed E-state index contributed by atoms with van der Waals surface area (Å²) in [5, 5.41) is 0. The number of rotatable bonds is 4. The molecule has 168 valence electrons. The smallest absolute Gasteiger partial charge is 0.273 e. The number of nitrogens with zero attached hydrogens (tertiary/aromatic N) is 2. The molecule has 0 bridgehead atoms. The highest BCUT2D eigenvalue weighted by atomic mass is 32.2. The van der Waals surface area contributed by atoms with E-state index in [1.807, 2.05) is 91.0 Å². The Morgan fingerprint density at radius 3 is 2.09 bits per heavy atom. The van der Waals surface area contributed by atoms with Gasteiger partial charge in [-0.05, 0) is 48.0 Å². The van der Waals surface area contributed by atoms with Crippen molar-refractivity contribution < 1.29 is 9.53 Å². The first kappa shape index (κ1) is 22.3. The monoisotopic (exact) mass is 502 g/mol. The second-order valence-electron chi connectivity index (χ2n) is 7.34. The van der Waals surface area contributed by atoms with Gasteiger partial charge in [-0.1, -0.05) is 72.5 Å². The molecule has 1 aromatic heterocycles. The Kier molecular flexibility index (Phi) is 6.19. The number of thiocarbonyl (C=S) groups is 1. The number of hydrogen-bond donors (Lipinski definition) is 0. The van der Waals surface area contributed by atoms with Gasteiger partial charge in [0.2, 0.25) is 0 Å². The molecule has 0 saturated carbocycles. The van der Waals surface area contributed by atoms with Gasteiger partial charge in [-0.2, -0.15) is 0 Å². The van der Waals surface area contributed by atoms with Crippen molar-refractivity contribution >= 4 is 62.2 Å². The summed E-state index contributed by atoms with van der Waals surface area (Å²) in [5.74, 6) is 0.506. The highest BCUT2D eigenvalue weighted by Gasteiger charge is 2.35. The molecule has 8 heteroatoms. The summed E-state index contributed by atoms with van der Waals surface area (Å²) in [5.41, 5.74) is 2.07. The Bertz CT molecular complexity index is 1560.